The molecule has 2 heteroatoms. The summed E-state index contributed by atoms with van der Waals surface area (Å²) >= 11 is 1.93. The largest absolute Gasteiger partial charge is 0.330 e. The summed E-state index contributed by atoms with van der Waals surface area (Å²) in [7, 11) is 0. The van der Waals surface area contributed by atoms with Crippen LogP contribution in [0.5, 0.6) is 0 Å². The van der Waals surface area contributed by atoms with Gasteiger partial charge in [0, 0.05) is 9.75 Å². The summed E-state index contributed by atoms with van der Waals surface area (Å²) in [5.74, 6) is 0. The van der Waals surface area contributed by atoms with E-state index in [1.807, 2.05) is 11.3 Å². The third-order valence-corrected chi connectivity index (χ3v) is 4.13. The minimum atomic E-state index is 0.710. The van der Waals surface area contributed by atoms with Crippen molar-refractivity contribution in [2.45, 2.75) is 32.1 Å². The summed E-state index contributed by atoms with van der Waals surface area (Å²) in [4.78, 5) is 2.95. The molecule has 0 aromatic carbocycles. The van der Waals surface area contributed by atoms with Gasteiger partial charge in [-0.1, -0.05) is 6.58 Å². The molecule has 0 spiro atoms. The SMILES string of the molecule is C=C(CCN)c1cc2c(s1)CCCC2. The van der Waals surface area contributed by atoms with E-state index < -0.39 is 0 Å². The average molecular weight is 207 g/mol. The van der Waals surface area contributed by atoms with E-state index in [0.717, 1.165) is 6.42 Å². The highest BCUT2D eigenvalue weighted by Crippen LogP contribution is 2.33. The maximum atomic E-state index is 5.53. The zero-order valence-corrected chi connectivity index (χ0v) is 9.33. The van der Waals surface area contributed by atoms with Crippen LogP contribution in [0.4, 0.5) is 0 Å². The maximum Gasteiger partial charge on any atom is 0.0302 e. The van der Waals surface area contributed by atoms with Crippen molar-refractivity contribution in [3.8, 4) is 0 Å². The molecule has 76 valence electrons. The maximum absolute atomic E-state index is 5.53. The van der Waals surface area contributed by atoms with E-state index in [1.54, 1.807) is 10.4 Å². The number of nitrogens with two attached hydrogens (primary N) is 1. The molecule has 1 aromatic rings. The van der Waals surface area contributed by atoms with Crippen LogP contribution in [0.2, 0.25) is 0 Å². The van der Waals surface area contributed by atoms with Gasteiger partial charge in [-0.05, 0) is 55.9 Å². The van der Waals surface area contributed by atoms with Crippen LogP contribution < -0.4 is 5.73 Å². The monoisotopic (exact) mass is 207 g/mol. The van der Waals surface area contributed by atoms with Gasteiger partial charge in [-0.2, -0.15) is 0 Å². The van der Waals surface area contributed by atoms with Crippen LogP contribution in [0.15, 0.2) is 12.6 Å². The number of hydrogen-bond acceptors (Lipinski definition) is 2. The van der Waals surface area contributed by atoms with Crippen molar-refractivity contribution in [1.82, 2.24) is 0 Å². The predicted octanol–water partition coefficient (Wildman–Crippen LogP) is 2.99. The van der Waals surface area contributed by atoms with Gasteiger partial charge in [-0.15, -0.1) is 11.3 Å². The summed E-state index contributed by atoms with van der Waals surface area (Å²) < 4.78 is 0. The van der Waals surface area contributed by atoms with Crippen LogP contribution in [0.1, 0.15) is 34.6 Å². The first-order chi connectivity index (χ1) is 6.81. The summed E-state index contributed by atoms with van der Waals surface area (Å²) in [5.41, 5.74) is 8.31. The first kappa shape index (κ1) is 9.94. The fourth-order valence-corrected chi connectivity index (χ4v) is 3.21. The van der Waals surface area contributed by atoms with E-state index >= 15 is 0 Å². The van der Waals surface area contributed by atoms with E-state index in [1.165, 1.54) is 36.1 Å². The van der Waals surface area contributed by atoms with Crippen molar-refractivity contribution in [2.75, 3.05) is 6.54 Å². The van der Waals surface area contributed by atoms with Crippen LogP contribution in [0.25, 0.3) is 5.57 Å². The lowest BCUT2D eigenvalue weighted by Crippen LogP contribution is -1.98. The van der Waals surface area contributed by atoms with Gasteiger partial charge in [0.15, 0.2) is 0 Å². The lowest BCUT2D eigenvalue weighted by atomic mass is 9.98. The topological polar surface area (TPSA) is 26.0 Å². The van der Waals surface area contributed by atoms with Crippen molar-refractivity contribution in [3.63, 3.8) is 0 Å². The molecule has 0 saturated carbocycles. The van der Waals surface area contributed by atoms with Gasteiger partial charge in [0.05, 0.1) is 0 Å². The van der Waals surface area contributed by atoms with E-state index in [2.05, 4.69) is 12.6 Å². The van der Waals surface area contributed by atoms with Crippen LogP contribution in [0.3, 0.4) is 0 Å². The van der Waals surface area contributed by atoms with Crippen LogP contribution in [0, 0.1) is 0 Å². The molecule has 14 heavy (non-hydrogen) atoms. The highest BCUT2D eigenvalue weighted by atomic mass is 32.1. The number of rotatable bonds is 3. The third kappa shape index (κ3) is 1.91. The standard InChI is InChI=1S/C12H17NS/c1-9(6-7-13)12-8-10-4-2-3-5-11(10)14-12/h8H,1-7,13H2. The van der Waals surface area contributed by atoms with Crippen molar-refractivity contribution < 1.29 is 0 Å². The summed E-state index contributed by atoms with van der Waals surface area (Å²) in [5, 5.41) is 0. The van der Waals surface area contributed by atoms with Gasteiger partial charge in [0.1, 0.15) is 0 Å². The molecule has 0 aliphatic heterocycles. The normalized spacial score (nSPS) is 15.2. The van der Waals surface area contributed by atoms with E-state index in [0.29, 0.717) is 6.54 Å². The Balaban J connectivity index is 2.19. The fourth-order valence-electron chi connectivity index (χ4n) is 1.96. The summed E-state index contributed by atoms with van der Waals surface area (Å²) in [6.45, 7) is 4.80. The first-order valence-electron chi connectivity index (χ1n) is 5.31. The Hall–Kier alpha value is -0.600. The first-order valence-corrected chi connectivity index (χ1v) is 6.12. The summed E-state index contributed by atoms with van der Waals surface area (Å²) in [6.07, 6.45) is 6.18. The molecule has 1 aliphatic carbocycles. The van der Waals surface area contributed by atoms with Crippen molar-refractivity contribution in [3.05, 3.63) is 28.0 Å². The van der Waals surface area contributed by atoms with Crippen molar-refractivity contribution >= 4 is 16.9 Å². The average Bonchev–Trinajstić information content (AvgIpc) is 2.61. The lowest BCUT2D eigenvalue weighted by molar-refractivity contribution is 0.697. The molecule has 0 unspecified atom stereocenters. The Bertz CT molecular complexity index is 315. The fraction of sp³-hybridized carbons (Fsp3) is 0.500. The minimum absolute atomic E-state index is 0.710. The second kappa shape index (κ2) is 4.28. The van der Waals surface area contributed by atoms with E-state index in [-0.39, 0.29) is 0 Å². The van der Waals surface area contributed by atoms with Crippen LogP contribution in [-0.2, 0) is 12.8 Å². The molecule has 2 rings (SSSR count). The zero-order valence-electron chi connectivity index (χ0n) is 8.51. The zero-order chi connectivity index (χ0) is 9.97. The highest BCUT2D eigenvalue weighted by Gasteiger charge is 2.13. The van der Waals surface area contributed by atoms with Crippen molar-refractivity contribution in [1.29, 1.82) is 0 Å². The van der Waals surface area contributed by atoms with Gasteiger partial charge >= 0.3 is 0 Å². The second-order valence-electron chi connectivity index (χ2n) is 3.91. The second-order valence-corrected chi connectivity index (χ2v) is 5.05. The number of aryl methyl sites for hydroxylation is 2. The third-order valence-electron chi connectivity index (χ3n) is 2.79. The molecule has 1 heterocycles. The molecule has 0 atom stereocenters. The lowest BCUT2D eigenvalue weighted by Gasteiger charge is -2.08. The molecule has 0 bridgehead atoms. The molecule has 1 nitrogen and oxygen atoms in total. The molecular formula is C12H17NS. The van der Waals surface area contributed by atoms with Gasteiger partial charge < -0.3 is 5.73 Å². The van der Waals surface area contributed by atoms with Crippen molar-refractivity contribution in [2.24, 2.45) is 5.73 Å². The van der Waals surface area contributed by atoms with Gasteiger partial charge in [0.25, 0.3) is 0 Å². The number of hydrogen-bond donors (Lipinski definition) is 1. The Kier molecular flexibility index (Phi) is 3.04. The van der Waals surface area contributed by atoms with Gasteiger partial charge in [-0.25, -0.2) is 0 Å². The Morgan fingerprint density at radius 2 is 2.21 bits per heavy atom. The Labute approximate surface area is 89.6 Å². The quantitative estimate of drug-likeness (QED) is 0.810. The Morgan fingerprint density at radius 1 is 1.43 bits per heavy atom. The number of fused-ring (bicyclic) bond motifs is 1. The molecule has 1 aliphatic rings. The minimum Gasteiger partial charge on any atom is -0.330 e. The smallest absolute Gasteiger partial charge is 0.0302 e. The molecule has 0 fully saturated rings. The molecule has 2 N–H and O–H groups in total. The highest BCUT2D eigenvalue weighted by molar-refractivity contribution is 7.13. The number of thiophene rings is 1. The van der Waals surface area contributed by atoms with Crippen LogP contribution in [-0.4, -0.2) is 6.54 Å². The molecule has 1 aromatic heterocycles. The van der Waals surface area contributed by atoms with Crippen LogP contribution >= 0.6 is 11.3 Å². The molecular weight excluding hydrogens is 190 g/mol. The van der Waals surface area contributed by atoms with Gasteiger partial charge in [0.2, 0.25) is 0 Å². The van der Waals surface area contributed by atoms with E-state index in [4.69, 9.17) is 5.73 Å². The molecule has 0 radical (unpaired) electrons. The molecule has 0 saturated heterocycles. The van der Waals surface area contributed by atoms with E-state index in [9.17, 15) is 0 Å². The molecule has 0 amide bonds. The Morgan fingerprint density at radius 3 is 2.93 bits per heavy atom. The van der Waals surface area contributed by atoms with Gasteiger partial charge in [-0.3, -0.25) is 0 Å². The summed E-state index contributed by atoms with van der Waals surface area (Å²) in [6, 6.07) is 2.33. The predicted molar refractivity (Wildman–Crippen MR) is 63.7 cm³/mol.